The van der Waals surface area contributed by atoms with E-state index in [2.05, 4.69) is 17.1 Å². The SMILES string of the molecule is CC(CNC(=O)C1CCCC1)N1CCOCC1. The molecule has 1 N–H and O–H groups in total. The summed E-state index contributed by atoms with van der Waals surface area (Å²) in [6, 6.07) is 0.421. The first kappa shape index (κ1) is 12.8. The number of rotatable bonds is 4. The van der Waals surface area contributed by atoms with Crippen molar-refractivity contribution in [3.8, 4) is 0 Å². The number of ether oxygens (including phenoxy) is 1. The van der Waals surface area contributed by atoms with E-state index in [0.29, 0.717) is 6.04 Å². The van der Waals surface area contributed by atoms with Gasteiger partial charge >= 0.3 is 0 Å². The average molecular weight is 240 g/mol. The molecule has 1 amide bonds. The molecule has 17 heavy (non-hydrogen) atoms. The molecule has 2 fully saturated rings. The van der Waals surface area contributed by atoms with Gasteiger partial charge in [0.05, 0.1) is 13.2 Å². The van der Waals surface area contributed by atoms with E-state index in [1.54, 1.807) is 0 Å². The van der Waals surface area contributed by atoms with Gasteiger partial charge in [0.25, 0.3) is 0 Å². The predicted octanol–water partition coefficient (Wildman–Crippen LogP) is 1.01. The van der Waals surface area contributed by atoms with Gasteiger partial charge in [0.15, 0.2) is 0 Å². The van der Waals surface area contributed by atoms with Gasteiger partial charge < -0.3 is 10.1 Å². The van der Waals surface area contributed by atoms with Crippen LogP contribution in [0.3, 0.4) is 0 Å². The molecule has 2 rings (SSSR count). The van der Waals surface area contributed by atoms with Gasteiger partial charge in [-0.25, -0.2) is 0 Å². The Kier molecular flexibility index (Phi) is 4.80. The largest absolute Gasteiger partial charge is 0.379 e. The van der Waals surface area contributed by atoms with Crippen molar-refractivity contribution in [3.63, 3.8) is 0 Å². The molecule has 1 saturated carbocycles. The minimum Gasteiger partial charge on any atom is -0.379 e. The zero-order chi connectivity index (χ0) is 12.1. The Balaban J connectivity index is 1.67. The number of nitrogens with zero attached hydrogens (tertiary/aromatic N) is 1. The molecular formula is C13H24N2O2. The van der Waals surface area contributed by atoms with Crippen molar-refractivity contribution in [2.75, 3.05) is 32.8 Å². The molecule has 0 radical (unpaired) electrons. The lowest BCUT2D eigenvalue weighted by molar-refractivity contribution is -0.125. The van der Waals surface area contributed by atoms with E-state index in [4.69, 9.17) is 4.74 Å². The van der Waals surface area contributed by atoms with Gasteiger partial charge in [0.1, 0.15) is 0 Å². The molecule has 98 valence electrons. The third kappa shape index (κ3) is 3.68. The number of hydrogen-bond donors (Lipinski definition) is 1. The van der Waals surface area contributed by atoms with E-state index in [9.17, 15) is 4.79 Å². The van der Waals surface area contributed by atoms with Crippen molar-refractivity contribution >= 4 is 5.91 Å². The van der Waals surface area contributed by atoms with Crippen LogP contribution in [-0.4, -0.2) is 49.7 Å². The first-order valence-corrected chi connectivity index (χ1v) is 6.87. The van der Waals surface area contributed by atoms with Gasteiger partial charge in [0, 0.05) is 31.6 Å². The fourth-order valence-electron chi connectivity index (χ4n) is 2.73. The maximum Gasteiger partial charge on any atom is 0.223 e. The first-order chi connectivity index (χ1) is 8.27. The second kappa shape index (κ2) is 6.36. The molecule has 1 unspecified atom stereocenters. The Morgan fingerprint density at radius 1 is 1.35 bits per heavy atom. The van der Waals surface area contributed by atoms with Gasteiger partial charge in [-0.05, 0) is 19.8 Å². The molecule has 4 nitrogen and oxygen atoms in total. The maximum atomic E-state index is 11.9. The quantitative estimate of drug-likeness (QED) is 0.797. The van der Waals surface area contributed by atoms with Crippen LogP contribution in [-0.2, 0) is 9.53 Å². The molecule has 0 spiro atoms. The summed E-state index contributed by atoms with van der Waals surface area (Å²) in [4.78, 5) is 14.3. The Morgan fingerprint density at radius 3 is 2.65 bits per heavy atom. The van der Waals surface area contributed by atoms with Gasteiger partial charge in [-0.3, -0.25) is 9.69 Å². The van der Waals surface area contributed by atoms with E-state index in [1.807, 2.05) is 0 Å². The van der Waals surface area contributed by atoms with Crippen LogP contribution in [0.4, 0.5) is 0 Å². The lowest BCUT2D eigenvalue weighted by Gasteiger charge is -2.32. The number of hydrogen-bond acceptors (Lipinski definition) is 3. The Morgan fingerprint density at radius 2 is 2.00 bits per heavy atom. The minimum atomic E-state index is 0.266. The highest BCUT2D eigenvalue weighted by molar-refractivity contribution is 5.78. The number of carbonyl (C=O) groups excluding carboxylic acids is 1. The molecule has 0 aromatic rings. The number of carbonyl (C=O) groups is 1. The molecule has 1 atom stereocenters. The summed E-state index contributed by atoms with van der Waals surface area (Å²) >= 11 is 0. The molecule has 1 saturated heterocycles. The van der Waals surface area contributed by atoms with Crippen LogP contribution in [0.2, 0.25) is 0 Å². The first-order valence-electron chi connectivity index (χ1n) is 6.87. The highest BCUT2D eigenvalue weighted by Gasteiger charge is 2.23. The zero-order valence-corrected chi connectivity index (χ0v) is 10.8. The van der Waals surface area contributed by atoms with Crippen LogP contribution < -0.4 is 5.32 Å². The standard InChI is InChI=1S/C13H24N2O2/c1-11(15-6-8-17-9-7-15)10-14-13(16)12-4-2-3-5-12/h11-12H,2-10H2,1H3,(H,14,16). The second-order valence-electron chi connectivity index (χ2n) is 5.22. The summed E-state index contributed by atoms with van der Waals surface area (Å²) in [6.45, 7) is 6.57. The van der Waals surface area contributed by atoms with Crippen LogP contribution >= 0.6 is 0 Å². The van der Waals surface area contributed by atoms with Crippen molar-refractivity contribution < 1.29 is 9.53 Å². The smallest absolute Gasteiger partial charge is 0.223 e. The third-order valence-electron chi connectivity index (χ3n) is 3.97. The summed E-state index contributed by atoms with van der Waals surface area (Å²) in [5, 5.41) is 3.10. The van der Waals surface area contributed by atoms with Gasteiger partial charge in [0.2, 0.25) is 5.91 Å². The van der Waals surface area contributed by atoms with Gasteiger partial charge in [-0.15, -0.1) is 0 Å². The maximum absolute atomic E-state index is 11.9. The lowest BCUT2D eigenvalue weighted by atomic mass is 10.1. The van der Waals surface area contributed by atoms with Crippen molar-refractivity contribution in [2.45, 2.75) is 38.6 Å². The molecule has 0 aromatic heterocycles. The van der Waals surface area contributed by atoms with E-state index < -0.39 is 0 Å². The molecule has 2 aliphatic rings. The normalized spacial score (nSPS) is 24.8. The highest BCUT2D eigenvalue weighted by atomic mass is 16.5. The highest BCUT2D eigenvalue weighted by Crippen LogP contribution is 2.24. The van der Waals surface area contributed by atoms with Crippen LogP contribution in [0.5, 0.6) is 0 Å². The van der Waals surface area contributed by atoms with Crippen LogP contribution in [0.1, 0.15) is 32.6 Å². The minimum absolute atomic E-state index is 0.266. The topological polar surface area (TPSA) is 41.6 Å². The summed E-state index contributed by atoms with van der Waals surface area (Å²) in [5.74, 6) is 0.550. The number of nitrogens with one attached hydrogen (secondary N) is 1. The molecule has 0 aromatic carbocycles. The van der Waals surface area contributed by atoms with E-state index in [0.717, 1.165) is 45.7 Å². The molecule has 1 aliphatic heterocycles. The molecule has 1 aliphatic carbocycles. The van der Waals surface area contributed by atoms with Gasteiger partial charge in [-0.1, -0.05) is 12.8 Å². The Bertz CT molecular complexity index is 246. The summed E-state index contributed by atoms with van der Waals surface area (Å²) < 4.78 is 5.33. The van der Waals surface area contributed by atoms with Crippen molar-refractivity contribution in [1.29, 1.82) is 0 Å². The predicted molar refractivity (Wildman–Crippen MR) is 66.8 cm³/mol. The molecule has 4 heteroatoms. The zero-order valence-electron chi connectivity index (χ0n) is 10.8. The number of amides is 1. The molecule has 0 bridgehead atoms. The van der Waals surface area contributed by atoms with Crippen LogP contribution in [0.25, 0.3) is 0 Å². The van der Waals surface area contributed by atoms with E-state index in [-0.39, 0.29) is 11.8 Å². The molecular weight excluding hydrogens is 216 g/mol. The molecule has 1 heterocycles. The fraction of sp³-hybridized carbons (Fsp3) is 0.923. The van der Waals surface area contributed by atoms with Crippen LogP contribution in [0, 0.1) is 5.92 Å². The summed E-state index contributed by atoms with van der Waals surface area (Å²) in [5.41, 5.74) is 0. The third-order valence-corrected chi connectivity index (χ3v) is 3.97. The van der Waals surface area contributed by atoms with E-state index in [1.165, 1.54) is 12.8 Å². The summed E-state index contributed by atoms with van der Waals surface area (Å²) in [7, 11) is 0. The lowest BCUT2D eigenvalue weighted by Crippen LogP contribution is -2.47. The van der Waals surface area contributed by atoms with Gasteiger partial charge in [-0.2, -0.15) is 0 Å². The fourth-order valence-corrected chi connectivity index (χ4v) is 2.73. The Labute approximate surface area is 104 Å². The van der Waals surface area contributed by atoms with E-state index >= 15 is 0 Å². The van der Waals surface area contributed by atoms with Crippen LogP contribution in [0.15, 0.2) is 0 Å². The van der Waals surface area contributed by atoms with Crippen molar-refractivity contribution in [2.24, 2.45) is 5.92 Å². The monoisotopic (exact) mass is 240 g/mol. The van der Waals surface area contributed by atoms with Crippen molar-refractivity contribution in [3.05, 3.63) is 0 Å². The Hall–Kier alpha value is -0.610. The number of morpholine rings is 1. The van der Waals surface area contributed by atoms with Crippen molar-refractivity contribution in [1.82, 2.24) is 10.2 Å². The second-order valence-corrected chi connectivity index (χ2v) is 5.22. The summed E-state index contributed by atoms with van der Waals surface area (Å²) in [6.07, 6.45) is 4.60. The average Bonchev–Trinajstić information content (AvgIpc) is 2.90.